The maximum absolute atomic E-state index is 5.59. The van der Waals surface area contributed by atoms with Crippen LogP contribution in [0.1, 0.15) is 27.8 Å². The van der Waals surface area contributed by atoms with Crippen molar-refractivity contribution in [3.63, 3.8) is 0 Å². The van der Waals surface area contributed by atoms with Gasteiger partial charge in [-0.1, -0.05) is 6.07 Å². The van der Waals surface area contributed by atoms with Crippen LogP contribution >= 0.6 is 0 Å². The molecule has 0 aliphatic carbocycles. The summed E-state index contributed by atoms with van der Waals surface area (Å²) in [6.07, 6.45) is 0.999. The first-order valence-electron chi connectivity index (χ1n) is 4.84. The lowest BCUT2D eigenvalue weighted by Gasteiger charge is -2.14. The number of nitrogens with two attached hydrogens (primary N) is 1. The maximum atomic E-state index is 5.59. The summed E-state index contributed by atoms with van der Waals surface area (Å²) in [4.78, 5) is 0. The normalized spacial score (nSPS) is 10.5. The molecule has 0 atom stereocenters. The Kier molecular flexibility index (Phi) is 3.10. The van der Waals surface area contributed by atoms with Gasteiger partial charge in [-0.05, 0) is 68.5 Å². The van der Waals surface area contributed by atoms with Crippen molar-refractivity contribution in [2.45, 2.75) is 34.1 Å². The third-order valence-corrected chi connectivity index (χ3v) is 2.91. The zero-order valence-electron chi connectivity index (χ0n) is 9.07. The van der Waals surface area contributed by atoms with Crippen LogP contribution in [0.2, 0.25) is 0 Å². The van der Waals surface area contributed by atoms with Crippen LogP contribution in [0.25, 0.3) is 0 Å². The van der Waals surface area contributed by atoms with Gasteiger partial charge in [-0.3, -0.25) is 0 Å². The minimum absolute atomic E-state index is 0.740. The third kappa shape index (κ3) is 1.92. The van der Waals surface area contributed by atoms with Gasteiger partial charge in [0.25, 0.3) is 0 Å². The van der Waals surface area contributed by atoms with Crippen molar-refractivity contribution >= 4 is 0 Å². The summed E-state index contributed by atoms with van der Waals surface area (Å²) in [6, 6.07) is 2.26. The zero-order valence-corrected chi connectivity index (χ0v) is 9.07. The average Bonchev–Trinajstić information content (AvgIpc) is 2.09. The van der Waals surface area contributed by atoms with Crippen molar-refractivity contribution < 1.29 is 0 Å². The van der Waals surface area contributed by atoms with E-state index in [1.807, 2.05) is 0 Å². The standard InChI is InChI=1S/C12H19N/c1-8-7-9(2)12(5-6-13)11(4)10(8)3/h7H,5-6,13H2,1-4H3. The van der Waals surface area contributed by atoms with Gasteiger partial charge in [-0.2, -0.15) is 0 Å². The molecule has 1 nitrogen and oxygen atoms in total. The molecular formula is C12H19N. The molecular weight excluding hydrogens is 158 g/mol. The van der Waals surface area contributed by atoms with Gasteiger partial charge < -0.3 is 5.73 Å². The molecule has 0 aliphatic rings. The molecule has 72 valence electrons. The van der Waals surface area contributed by atoms with Crippen LogP contribution < -0.4 is 5.73 Å². The van der Waals surface area contributed by atoms with Crippen molar-refractivity contribution in [1.82, 2.24) is 0 Å². The SMILES string of the molecule is Cc1cc(C)c(CCN)c(C)c1C. The third-order valence-electron chi connectivity index (χ3n) is 2.91. The predicted octanol–water partition coefficient (Wildman–Crippen LogP) is 2.42. The molecule has 2 N–H and O–H groups in total. The molecule has 0 heterocycles. The second-order valence-corrected chi connectivity index (χ2v) is 3.78. The molecule has 0 amide bonds. The van der Waals surface area contributed by atoms with E-state index in [0.29, 0.717) is 0 Å². The van der Waals surface area contributed by atoms with Gasteiger partial charge in [0.2, 0.25) is 0 Å². The predicted molar refractivity (Wildman–Crippen MR) is 58.1 cm³/mol. The molecule has 0 fully saturated rings. The summed E-state index contributed by atoms with van der Waals surface area (Å²) in [5, 5.41) is 0. The monoisotopic (exact) mass is 177 g/mol. The first-order valence-corrected chi connectivity index (χ1v) is 4.84. The van der Waals surface area contributed by atoms with Crippen LogP contribution in [0.5, 0.6) is 0 Å². The average molecular weight is 177 g/mol. The van der Waals surface area contributed by atoms with Crippen LogP contribution in [0.15, 0.2) is 6.07 Å². The molecule has 0 saturated heterocycles. The Bertz CT molecular complexity index is 313. The van der Waals surface area contributed by atoms with Crippen molar-refractivity contribution in [1.29, 1.82) is 0 Å². The summed E-state index contributed by atoms with van der Waals surface area (Å²) in [5.74, 6) is 0. The number of rotatable bonds is 2. The summed E-state index contributed by atoms with van der Waals surface area (Å²) in [7, 11) is 0. The maximum Gasteiger partial charge on any atom is -0.00365 e. The van der Waals surface area contributed by atoms with E-state index in [1.165, 1.54) is 27.8 Å². The van der Waals surface area contributed by atoms with Crippen molar-refractivity contribution in [2.24, 2.45) is 5.73 Å². The zero-order chi connectivity index (χ0) is 10.0. The Labute approximate surface area is 81.0 Å². The van der Waals surface area contributed by atoms with Gasteiger partial charge in [0.1, 0.15) is 0 Å². The van der Waals surface area contributed by atoms with Crippen LogP contribution in [0.4, 0.5) is 0 Å². The fraction of sp³-hybridized carbons (Fsp3) is 0.500. The van der Waals surface area contributed by atoms with Gasteiger partial charge in [0.15, 0.2) is 0 Å². The van der Waals surface area contributed by atoms with E-state index in [9.17, 15) is 0 Å². The highest BCUT2D eigenvalue weighted by Gasteiger charge is 2.06. The van der Waals surface area contributed by atoms with Gasteiger partial charge in [-0.25, -0.2) is 0 Å². The first kappa shape index (κ1) is 10.3. The summed E-state index contributed by atoms with van der Waals surface area (Å²) >= 11 is 0. The lowest BCUT2D eigenvalue weighted by molar-refractivity contribution is 0.939. The Morgan fingerprint density at radius 3 is 2.15 bits per heavy atom. The quantitative estimate of drug-likeness (QED) is 0.737. The molecule has 1 rings (SSSR count). The Balaban J connectivity index is 3.26. The Morgan fingerprint density at radius 1 is 1.00 bits per heavy atom. The molecule has 0 aromatic heterocycles. The summed E-state index contributed by atoms with van der Waals surface area (Å²) < 4.78 is 0. The fourth-order valence-corrected chi connectivity index (χ4v) is 1.87. The molecule has 0 bridgehead atoms. The second kappa shape index (κ2) is 3.93. The van der Waals surface area contributed by atoms with Gasteiger partial charge in [-0.15, -0.1) is 0 Å². The minimum atomic E-state index is 0.740. The Hall–Kier alpha value is -0.820. The van der Waals surface area contributed by atoms with E-state index < -0.39 is 0 Å². The van der Waals surface area contributed by atoms with Crippen LogP contribution in [-0.4, -0.2) is 6.54 Å². The molecule has 1 heteroatoms. The highest BCUT2D eigenvalue weighted by atomic mass is 14.5. The van der Waals surface area contributed by atoms with Crippen molar-refractivity contribution in [3.8, 4) is 0 Å². The number of hydrogen-bond acceptors (Lipinski definition) is 1. The highest BCUT2D eigenvalue weighted by Crippen LogP contribution is 2.21. The van der Waals surface area contributed by atoms with Crippen molar-refractivity contribution in [2.75, 3.05) is 6.54 Å². The number of hydrogen-bond donors (Lipinski definition) is 1. The molecule has 1 aromatic carbocycles. The molecule has 1 aromatic rings. The highest BCUT2D eigenvalue weighted by molar-refractivity contribution is 5.43. The second-order valence-electron chi connectivity index (χ2n) is 3.78. The number of benzene rings is 1. The molecule has 0 unspecified atom stereocenters. The van der Waals surface area contributed by atoms with Gasteiger partial charge in [0, 0.05) is 0 Å². The topological polar surface area (TPSA) is 26.0 Å². The minimum Gasteiger partial charge on any atom is -0.330 e. The van der Waals surface area contributed by atoms with E-state index in [2.05, 4.69) is 33.8 Å². The van der Waals surface area contributed by atoms with E-state index in [-0.39, 0.29) is 0 Å². The lowest BCUT2D eigenvalue weighted by Crippen LogP contribution is -2.07. The van der Waals surface area contributed by atoms with Crippen LogP contribution in [-0.2, 0) is 6.42 Å². The van der Waals surface area contributed by atoms with Gasteiger partial charge >= 0.3 is 0 Å². The number of aryl methyl sites for hydroxylation is 2. The molecule has 0 aliphatic heterocycles. The van der Waals surface area contributed by atoms with Gasteiger partial charge in [0.05, 0.1) is 0 Å². The molecule has 0 saturated carbocycles. The summed E-state index contributed by atoms with van der Waals surface area (Å²) in [5.41, 5.74) is 12.6. The molecule has 0 spiro atoms. The van der Waals surface area contributed by atoms with Crippen molar-refractivity contribution in [3.05, 3.63) is 33.9 Å². The van der Waals surface area contributed by atoms with Crippen LogP contribution in [0.3, 0.4) is 0 Å². The van der Waals surface area contributed by atoms with E-state index in [0.717, 1.165) is 13.0 Å². The Morgan fingerprint density at radius 2 is 1.62 bits per heavy atom. The van der Waals surface area contributed by atoms with Crippen LogP contribution in [0, 0.1) is 27.7 Å². The fourth-order valence-electron chi connectivity index (χ4n) is 1.87. The smallest absolute Gasteiger partial charge is 0.00365 e. The lowest BCUT2D eigenvalue weighted by atomic mass is 9.93. The molecule has 0 radical (unpaired) electrons. The van der Waals surface area contributed by atoms with E-state index in [4.69, 9.17) is 5.73 Å². The summed E-state index contributed by atoms with van der Waals surface area (Å²) in [6.45, 7) is 9.46. The van der Waals surface area contributed by atoms with E-state index in [1.54, 1.807) is 0 Å². The first-order chi connectivity index (χ1) is 6.07. The molecule has 13 heavy (non-hydrogen) atoms. The van der Waals surface area contributed by atoms with E-state index >= 15 is 0 Å². The largest absolute Gasteiger partial charge is 0.330 e.